The molecule has 2 heterocycles. The SMILES string of the molecule is CC(C)(O)CNC(=O)C(=O)N1CC=C(c2ccc(NC(=O)N3Cc4cc(F)c(F)c(F)c4C3)cc2)CC1. The number of aliphatic hydroxyl groups is 1. The van der Waals surface area contributed by atoms with Crippen molar-refractivity contribution in [1.82, 2.24) is 15.1 Å². The number of hydrogen-bond acceptors (Lipinski definition) is 4. The third kappa shape index (κ3) is 5.93. The molecule has 0 fully saturated rings. The topological polar surface area (TPSA) is 102 Å². The average Bonchev–Trinajstić information content (AvgIpc) is 3.30. The van der Waals surface area contributed by atoms with Crippen LogP contribution in [0.2, 0.25) is 0 Å². The Morgan fingerprint density at radius 1 is 1.03 bits per heavy atom. The molecule has 11 heteroatoms. The molecular formula is C26H27F3N4O4. The van der Waals surface area contributed by atoms with Crippen molar-refractivity contribution in [2.75, 3.05) is 25.0 Å². The molecule has 0 bridgehead atoms. The number of nitrogens with zero attached hydrogens (tertiary/aromatic N) is 2. The molecule has 37 heavy (non-hydrogen) atoms. The minimum absolute atomic E-state index is 0.0316. The predicted molar refractivity (Wildman–Crippen MR) is 130 cm³/mol. The maximum Gasteiger partial charge on any atom is 0.322 e. The van der Waals surface area contributed by atoms with Gasteiger partial charge in [-0.3, -0.25) is 9.59 Å². The lowest BCUT2D eigenvalue weighted by atomic mass is 9.99. The Morgan fingerprint density at radius 3 is 2.35 bits per heavy atom. The van der Waals surface area contributed by atoms with E-state index in [0.29, 0.717) is 18.7 Å². The first kappa shape index (κ1) is 26.2. The van der Waals surface area contributed by atoms with Gasteiger partial charge >= 0.3 is 17.8 Å². The van der Waals surface area contributed by atoms with Gasteiger partial charge in [0.1, 0.15) is 0 Å². The summed E-state index contributed by atoms with van der Waals surface area (Å²) >= 11 is 0. The first-order chi connectivity index (χ1) is 17.4. The van der Waals surface area contributed by atoms with Crippen LogP contribution < -0.4 is 10.6 Å². The maximum absolute atomic E-state index is 14.0. The number of urea groups is 1. The van der Waals surface area contributed by atoms with Crippen molar-refractivity contribution in [1.29, 1.82) is 0 Å². The van der Waals surface area contributed by atoms with Gasteiger partial charge in [-0.05, 0) is 55.2 Å². The van der Waals surface area contributed by atoms with Crippen LogP contribution in [0.5, 0.6) is 0 Å². The van der Waals surface area contributed by atoms with E-state index < -0.39 is 40.9 Å². The highest BCUT2D eigenvalue weighted by Crippen LogP contribution is 2.29. The predicted octanol–water partition coefficient (Wildman–Crippen LogP) is 3.15. The summed E-state index contributed by atoms with van der Waals surface area (Å²) in [5.41, 5.74) is 1.43. The van der Waals surface area contributed by atoms with Crippen LogP contribution in [0.25, 0.3) is 5.57 Å². The van der Waals surface area contributed by atoms with Crippen molar-refractivity contribution in [3.63, 3.8) is 0 Å². The normalized spacial score (nSPS) is 15.2. The van der Waals surface area contributed by atoms with E-state index in [-0.39, 0.29) is 37.3 Å². The zero-order valence-electron chi connectivity index (χ0n) is 20.4. The van der Waals surface area contributed by atoms with Gasteiger partial charge in [0.05, 0.1) is 12.1 Å². The third-order valence-corrected chi connectivity index (χ3v) is 6.23. The van der Waals surface area contributed by atoms with Crippen molar-refractivity contribution in [2.24, 2.45) is 0 Å². The molecule has 4 rings (SSSR count). The van der Waals surface area contributed by atoms with E-state index in [1.54, 1.807) is 24.3 Å². The molecule has 4 amide bonds. The van der Waals surface area contributed by atoms with E-state index in [2.05, 4.69) is 10.6 Å². The van der Waals surface area contributed by atoms with E-state index in [9.17, 15) is 32.7 Å². The van der Waals surface area contributed by atoms with Crippen LogP contribution in [-0.4, -0.2) is 58.0 Å². The molecule has 2 aliphatic rings. The second-order valence-corrected chi connectivity index (χ2v) is 9.71. The fourth-order valence-electron chi connectivity index (χ4n) is 4.19. The van der Waals surface area contributed by atoms with Crippen molar-refractivity contribution < 1.29 is 32.7 Å². The molecule has 2 aromatic carbocycles. The van der Waals surface area contributed by atoms with E-state index in [1.807, 2.05) is 6.08 Å². The Balaban J connectivity index is 1.32. The number of benzene rings is 2. The largest absolute Gasteiger partial charge is 0.389 e. The number of carbonyl (C=O) groups excluding carboxylic acids is 3. The lowest BCUT2D eigenvalue weighted by Crippen LogP contribution is -2.48. The summed E-state index contributed by atoms with van der Waals surface area (Å²) in [6.45, 7) is 3.44. The fourth-order valence-corrected chi connectivity index (χ4v) is 4.19. The van der Waals surface area contributed by atoms with Gasteiger partial charge in [-0.2, -0.15) is 0 Å². The molecule has 8 nitrogen and oxygen atoms in total. The van der Waals surface area contributed by atoms with Gasteiger partial charge < -0.3 is 25.5 Å². The van der Waals surface area contributed by atoms with Crippen molar-refractivity contribution in [3.8, 4) is 0 Å². The minimum atomic E-state index is -1.55. The van der Waals surface area contributed by atoms with Gasteiger partial charge in [-0.15, -0.1) is 0 Å². The molecule has 0 aliphatic carbocycles. The first-order valence-corrected chi connectivity index (χ1v) is 11.7. The lowest BCUT2D eigenvalue weighted by Gasteiger charge is -2.27. The molecular weight excluding hydrogens is 489 g/mol. The van der Waals surface area contributed by atoms with Gasteiger partial charge in [0.15, 0.2) is 17.5 Å². The van der Waals surface area contributed by atoms with Crippen molar-refractivity contribution >= 4 is 29.1 Å². The maximum atomic E-state index is 14.0. The Kier molecular flexibility index (Phi) is 7.26. The second kappa shape index (κ2) is 10.3. The van der Waals surface area contributed by atoms with Crippen molar-refractivity contribution in [3.05, 3.63) is 70.5 Å². The summed E-state index contributed by atoms with van der Waals surface area (Å²) in [5.74, 6) is -5.53. The summed E-state index contributed by atoms with van der Waals surface area (Å²) in [6, 6.07) is 7.37. The van der Waals surface area contributed by atoms with Crippen LogP contribution in [0.15, 0.2) is 36.4 Å². The smallest absolute Gasteiger partial charge is 0.322 e. The summed E-state index contributed by atoms with van der Waals surface area (Å²) in [4.78, 5) is 39.7. The van der Waals surface area contributed by atoms with Crippen molar-refractivity contribution in [2.45, 2.75) is 39.0 Å². The number of rotatable bonds is 4. The molecule has 2 aliphatic heterocycles. The number of hydrogen-bond donors (Lipinski definition) is 3. The molecule has 0 unspecified atom stereocenters. The zero-order valence-corrected chi connectivity index (χ0v) is 20.4. The van der Waals surface area contributed by atoms with E-state index in [4.69, 9.17) is 0 Å². The molecule has 0 saturated heterocycles. The third-order valence-electron chi connectivity index (χ3n) is 6.23. The summed E-state index contributed by atoms with van der Waals surface area (Å²) < 4.78 is 41.0. The van der Waals surface area contributed by atoms with Gasteiger partial charge in [-0.25, -0.2) is 18.0 Å². The molecule has 0 saturated carbocycles. The summed E-state index contributed by atoms with van der Waals surface area (Å²) in [5, 5.41) is 14.8. The van der Waals surface area contributed by atoms with E-state index in [1.165, 1.54) is 23.6 Å². The summed E-state index contributed by atoms with van der Waals surface area (Å²) in [6.07, 6.45) is 2.38. The van der Waals surface area contributed by atoms with Gasteiger partial charge in [-0.1, -0.05) is 18.2 Å². The lowest BCUT2D eigenvalue weighted by molar-refractivity contribution is -0.146. The molecule has 0 atom stereocenters. The Labute approximate surface area is 211 Å². The van der Waals surface area contributed by atoms with Crippen LogP contribution in [0, 0.1) is 17.5 Å². The molecule has 2 aromatic rings. The van der Waals surface area contributed by atoms with E-state index in [0.717, 1.165) is 17.2 Å². The Hall–Kier alpha value is -3.86. The highest BCUT2D eigenvalue weighted by atomic mass is 19.2. The number of nitrogens with one attached hydrogen (secondary N) is 2. The quantitative estimate of drug-likeness (QED) is 0.429. The standard InChI is InChI=1S/C26H27F3N4O4/c1-26(2,37)14-30-23(34)24(35)32-9-7-16(8-10-32)15-3-5-18(6-4-15)31-25(36)33-12-17-11-20(27)22(29)21(28)19(17)13-33/h3-7,11,37H,8-10,12-14H2,1-2H3,(H,30,34)(H,31,36). The number of carbonyl (C=O) groups is 3. The van der Waals surface area contributed by atoms with Gasteiger partial charge in [0, 0.05) is 37.4 Å². The van der Waals surface area contributed by atoms with Gasteiger partial charge in [0.25, 0.3) is 0 Å². The number of fused-ring (bicyclic) bond motifs is 1. The van der Waals surface area contributed by atoms with Crippen LogP contribution in [0.3, 0.4) is 0 Å². The monoisotopic (exact) mass is 516 g/mol. The molecule has 0 aromatic heterocycles. The van der Waals surface area contributed by atoms with Crippen LogP contribution in [-0.2, 0) is 22.7 Å². The van der Waals surface area contributed by atoms with Crippen LogP contribution in [0.1, 0.15) is 37.0 Å². The second-order valence-electron chi connectivity index (χ2n) is 9.71. The number of anilines is 1. The minimum Gasteiger partial charge on any atom is -0.389 e. The summed E-state index contributed by atoms with van der Waals surface area (Å²) in [7, 11) is 0. The number of amides is 4. The highest BCUT2D eigenvalue weighted by molar-refractivity contribution is 6.35. The highest BCUT2D eigenvalue weighted by Gasteiger charge is 2.30. The fraction of sp³-hybridized carbons (Fsp3) is 0.346. The number of halogens is 3. The Morgan fingerprint density at radius 2 is 1.73 bits per heavy atom. The van der Waals surface area contributed by atoms with Crippen LogP contribution >= 0.6 is 0 Å². The van der Waals surface area contributed by atoms with E-state index >= 15 is 0 Å². The first-order valence-electron chi connectivity index (χ1n) is 11.7. The Bertz CT molecular complexity index is 1270. The average molecular weight is 517 g/mol. The molecule has 196 valence electrons. The molecule has 0 radical (unpaired) electrons. The zero-order chi connectivity index (χ0) is 26.9. The van der Waals surface area contributed by atoms with Gasteiger partial charge in [0.2, 0.25) is 0 Å². The van der Waals surface area contributed by atoms with Crippen LogP contribution in [0.4, 0.5) is 23.7 Å². The molecule has 0 spiro atoms. The molecule has 3 N–H and O–H groups in total.